The van der Waals surface area contributed by atoms with Gasteiger partial charge in [-0.2, -0.15) is 0 Å². The molecule has 2 heteroatoms. The predicted octanol–water partition coefficient (Wildman–Crippen LogP) is 5.78. The zero-order valence-corrected chi connectivity index (χ0v) is 13.5. The van der Waals surface area contributed by atoms with Gasteiger partial charge < -0.3 is 4.74 Å². The Labute approximate surface area is 132 Å². The molecule has 0 aromatic heterocycles. The number of hydrogen-bond acceptors (Lipinski definition) is 1. The van der Waals surface area contributed by atoms with E-state index in [0.717, 1.165) is 18.6 Å². The average Bonchev–Trinajstić information content (AvgIpc) is 2.54. The second kappa shape index (κ2) is 8.09. The summed E-state index contributed by atoms with van der Waals surface area (Å²) in [5.41, 5.74) is 2.45. The van der Waals surface area contributed by atoms with E-state index in [1.807, 2.05) is 30.3 Å². The highest BCUT2D eigenvalue weighted by Gasteiger charge is 2.15. The minimum atomic E-state index is 0.200. The van der Waals surface area contributed by atoms with Crippen molar-refractivity contribution in [1.82, 2.24) is 0 Å². The topological polar surface area (TPSA) is 9.23 Å². The smallest absolute Gasteiger partial charge is 0.119 e. The van der Waals surface area contributed by atoms with Crippen molar-refractivity contribution < 1.29 is 4.74 Å². The standard InChI is InChI=1S/C19H23ClO/c1-3-7-19(20)15(2)17-10-12-18(13-11-17)21-14-16-8-5-4-6-9-16/h4-6,8-13,15,19H,3,7,14H2,1-2H3. The Morgan fingerprint density at radius 3 is 2.29 bits per heavy atom. The van der Waals surface area contributed by atoms with Crippen molar-refractivity contribution in [2.45, 2.75) is 44.6 Å². The van der Waals surface area contributed by atoms with Crippen LogP contribution in [-0.4, -0.2) is 5.38 Å². The van der Waals surface area contributed by atoms with Crippen LogP contribution in [0.1, 0.15) is 43.7 Å². The Kier molecular flexibility index (Phi) is 6.13. The van der Waals surface area contributed by atoms with Crippen LogP contribution in [-0.2, 0) is 6.61 Å². The van der Waals surface area contributed by atoms with Gasteiger partial charge in [-0.3, -0.25) is 0 Å². The summed E-state index contributed by atoms with van der Waals surface area (Å²) in [7, 11) is 0. The van der Waals surface area contributed by atoms with Gasteiger partial charge in [0.15, 0.2) is 0 Å². The maximum absolute atomic E-state index is 6.42. The first-order chi connectivity index (χ1) is 10.2. The van der Waals surface area contributed by atoms with E-state index in [4.69, 9.17) is 16.3 Å². The van der Waals surface area contributed by atoms with Crippen LogP contribution < -0.4 is 4.74 Å². The molecule has 0 aliphatic heterocycles. The van der Waals surface area contributed by atoms with Gasteiger partial charge in [0.25, 0.3) is 0 Å². The molecule has 0 spiro atoms. The molecule has 2 rings (SSSR count). The monoisotopic (exact) mass is 302 g/mol. The van der Waals surface area contributed by atoms with Gasteiger partial charge in [-0.15, -0.1) is 11.6 Å². The second-order valence-electron chi connectivity index (χ2n) is 5.44. The second-order valence-corrected chi connectivity index (χ2v) is 6.00. The van der Waals surface area contributed by atoms with Gasteiger partial charge in [0.2, 0.25) is 0 Å². The maximum atomic E-state index is 6.42. The Bertz CT molecular complexity index is 521. The van der Waals surface area contributed by atoms with Crippen LogP contribution in [0.15, 0.2) is 54.6 Å². The molecule has 0 saturated heterocycles. The van der Waals surface area contributed by atoms with Crippen LogP contribution in [0.2, 0.25) is 0 Å². The molecular formula is C19H23ClO. The first-order valence-corrected chi connectivity index (χ1v) is 8.05. The molecule has 2 unspecified atom stereocenters. The molecule has 2 aromatic carbocycles. The van der Waals surface area contributed by atoms with E-state index >= 15 is 0 Å². The van der Waals surface area contributed by atoms with Gasteiger partial charge in [-0.05, 0) is 35.6 Å². The first kappa shape index (κ1) is 15.9. The molecule has 0 bridgehead atoms. The van der Waals surface area contributed by atoms with E-state index in [-0.39, 0.29) is 5.38 Å². The summed E-state index contributed by atoms with van der Waals surface area (Å²) in [6.45, 7) is 4.96. The van der Waals surface area contributed by atoms with Crippen molar-refractivity contribution >= 4 is 11.6 Å². The third kappa shape index (κ3) is 4.78. The SMILES string of the molecule is CCCC(Cl)C(C)c1ccc(OCc2ccccc2)cc1. The zero-order chi connectivity index (χ0) is 15.1. The highest BCUT2D eigenvalue weighted by atomic mass is 35.5. The summed E-state index contributed by atoms with van der Waals surface area (Å²) in [5.74, 6) is 1.27. The van der Waals surface area contributed by atoms with Gasteiger partial charge in [0, 0.05) is 5.38 Å². The third-order valence-corrected chi connectivity index (χ3v) is 4.36. The Morgan fingerprint density at radius 1 is 1.00 bits per heavy atom. The fourth-order valence-electron chi connectivity index (χ4n) is 2.34. The van der Waals surface area contributed by atoms with Crippen molar-refractivity contribution in [3.63, 3.8) is 0 Å². The molecule has 0 aliphatic carbocycles. The van der Waals surface area contributed by atoms with E-state index in [1.165, 1.54) is 11.1 Å². The third-order valence-electron chi connectivity index (χ3n) is 3.76. The molecule has 2 aromatic rings. The number of hydrogen-bond donors (Lipinski definition) is 0. The summed E-state index contributed by atoms with van der Waals surface area (Å²) in [6.07, 6.45) is 2.17. The van der Waals surface area contributed by atoms with E-state index in [9.17, 15) is 0 Å². The minimum Gasteiger partial charge on any atom is -0.489 e. The lowest BCUT2D eigenvalue weighted by atomic mass is 9.95. The lowest BCUT2D eigenvalue weighted by Crippen LogP contribution is -2.09. The number of halogens is 1. The highest BCUT2D eigenvalue weighted by Crippen LogP contribution is 2.28. The van der Waals surface area contributed by atoms with Crippen LogP contribution in [0.3, 0.4) is 0 Å². The first-order valence-electron chi connectivity index (χ1n) is 7.61. The van der Waals surface area contributed by atoms with Crippen LogP contribution in [0.4, 0.5) is 0 Å². The summed E-state index contributed by atoms with van der Waals surface area (Å²) >= 11 is 6.42. The van der Waals surface area contributed by atoms with E-state index in [1.54, 1.807) is 0 Å². The van der Waals surface area contributed by atoms with Gasteiger partial charge in [-0.25, -0.2) is 0 Å². The maximum Gasteiger partial charge on any atom is 0.119 e. The highest BCUT2D eigenvalue weighted by molar-refractivity contribution is 6.21. The van der Waals surface area contributed by atoms with E-state index < -0.39 is 0 Å². The largest absolute Gasteiger partial charge is 0.489 e. The molecule has 0 N–H and O–H groups in total. The lowest BCUT2D eigenvalue weighted by Gasteiger charge is -2.18. The molecular weight excluding hydrogens is 280 g/mol. The summed E-state index contributed by atoms with van der Waals surface area (Å²) < 4.78 is 5.80. The van der Waals surface area contributed by atoms with Crippen molar-refractivity contribution in [3.05, 3.63) is 65.7 Å². The fourth-order valence-corrected chi connectivity index (χ4v) is 2.71. The number of rotatable bonds is 7. The molecule has 21 heavy (non-hydrogen) atoms. The molecule has 0 saturated carbocycles. The van der Waals surface area contributed by atoms with Gasteiger partial charge in [-0.1, -0.05) is 62.7 Å². The van der Waals surface area contributed by atoms with Gasteiger partial charge in [0.1, 0.15) is 12.4 Å². The van der Waals surface area contributed by atoms with Crippen LogP contribution in [0, 0.1) is 0 Å². The molecule has 0 aliphatic rings. The van der Waals surface area contributed by atoms with Crippen LogP contribution in [0.5, 0.6) is 5.75 Å². The Morgan fingerprint density at radius 2 is 1.67 bits per heavy atom. The molecule has 112 valence electrons. The normalized spacial score (nSPS) is 13.7. The molecule has 0 radical (unpaired) electrons. The number of ether oxygens (including phenoxy) is 1. The van der Waals surface area contributed by atoms with Crippen molar-refractivity contribution in [1.29, 1.82) is 0 Å². The van der Waals surface area contributed by atoms with Gasteiger partial charge >= 0.3 is 0 Å². The fraction of sp³-hybridized carbons (Fsp3) is 0.368. The molecule has 0 fully saturated rings. The average molecular weight is 303 g/mol. The van der Waals surface area contributed by atoms with Crippen molar-refractivity contribution in [2.24, 2.45) is 0 Å². The summed E-state index contributed by atoms with van der Waals surface area (Å²) in [5, 5.41) is 0.200. The summed E-state index contributed by atoms with van der Waals surface area (Å²) in [4.78, 5) is 0. The predicted molar refractivity (Wildman–Crippen MR) is 90.2 cm³/mol. The van der Waals surface area contributed by atoms with E-state index in [2.05, 4.69) is 38.1 Å². The summed E-state index contributed by atoms with van der Waals surface area (Å²) in [6, 6.07) is 18.5. The minimum absolute atomic E-state index is 0.200. The molecule has 2 atom stereocenters. The van der Waals surface area contributed by atoms with Crippen molar-refractivity contribution in [2.75, 3.05) is 0 Å². The molecule has 0 amide bonds. The Hall–Kier alpha value is -1.47. The van der Waals surface area contributed by atoms with Crippen LogP contribution in [0.25, 0.3) is 0 Å². The zero-order valence-electron chi connectivity index (χ0n) is 12.8. The van der Waals surface area contributed by atoms with Gasteiger partial charge in [0.05, 0.1) is 0 Å². The molecule has 0 heterocycles. The quantitative estimate of drug-likeness (QED) is 0.589. The molecule has 1 nitrogen and oxygen atoms in total. The van der Waals surface area contributed by atoms with Crippen LogP contribution >= 0.6 is 11.6 Å². The lowest BCUT2D eigenvalue weighted by molar-refractivity contribution is 0.306. The number of benzene rings is 2. The van der Waals surface area contributed by atoms with Crippen molar-refractivity contribution in [3.8, 4) is 5.75 Å². The number of alkyl halides is 1. The Balaban J connectivity index is 1.92. The van der Waals surface area contributed by atoms with E-state index in [0.29, 0.717) is 12.5 Å².